The van der Waals surface area contributed by atoms with Gasteiger partial charge in [0.25, 0.3) is 5.91 Å². The van der Waals surface area contributed by atoms with E-state index in [-0.39, 0.29) is 30.2 Å². The molecule has 0 bridgehead atoms. The number of amides is 2. The highest BCUT2D eigenvalue weighted by atomic mass is 32.3. The van der Waals surface area contributed by atoms with E-state index >= 15 is 0 Å². The molecule has 0 spiro atoms. The van der Waals surface area contributed by atoms with Crippen LogP contribution in [0, 0.1) is 0 Å². The molecule has 3 aliphatic rings. The molecule has 2 aliphatic heterocycles. The highest BCUT2D eigenvalue weighted by Gasteiger charge is 2.31. The summed E-state index contributed by atoms with van der Waals surface area (Å²) in [6.45, 7) is 2.47. The van der Waals surface area contributed by atoms with E-state index in [0.717, 1.165) is 35.0 Å². The number of carbonyl (C=O) groups excluding carboxylic acids is 2. The van der Waals surface area contributed by atoms with E-state index in [1.807, 2.05) is 35.2 Å². The van der Waals surface area contributed by atoms with Crippen molar-refractivity contribution in [2.45, 2.75) is 57.0 Å². The van der Waals surface area contributed by atoms with Gasteiger partial charge in [-0.05, 0) is 48.4 Å². The Labute approximate surface area is 237 Å². The molecule has 3 N–H and O–H groups in total. The molecule has 1 atom stereocenters. The number of hydrogen-bond acceptors (Lipinski definition) is 5. The van der Waals surface area contributed by atoms with E-state index in [2.05, 4.69) is 28.1 Å². The van der Waals surface area contributed by atoms with E-state index in [4.69, 9.17) is 4.74 Å². The van der Waals surface area contributed by atoms with Crippen LogP contribution in [0.5, 0.6) is 0 Å². The maximum atomic E-state index is 13.6. The Morgan fingerprint density at radius 1 is 0.975 bits per heavy atom. The quantitative estimate of drug-likeness (QED) is 0.368. The van der Waals surface area contributed by atoms with E-state index in [1.54, 1.807) is 0 Å². The van der Waals surface area contributed by atoms with Gasteiger partial charge in [-0.2, -0.15) is 10.6 Å². The molecule has 1 aliphatic carbocycles. The molecule has 8 nitrogen and oxygen atoms in total. The van der Waals surface area contributed by atoms with Crippen LogP contribution >= 0.6 is 10.6 Å². The summed E-state index contributed by atoms with van der Waals surface area (Å²) in [7, 11) is -2.60. The molecule has 2 amide bonds. The number of rotatable bonds is 6. The SMILES string of the molecule is O=C(NC1CCS(O)(O)C1)c1ccc2c(C3CCCCC3)c(-c3ccccc3)n(CC(=O)N3CCOCC3)c2c1. The second-order valence-electron chi connectivity index (χ2n) is 11.4. The highest BCUT2D eigenvalue weighted by Crippen LogP contribution is 2.46. The largest absolute Gasteiger partial charge is 0.378 e. The fourth-order valence-corrected chi connectivity index (χ4v) is 8.37. The van der Waals surface area contributed by atoms with Crippen molar-refractivity contribution in [2.24, 2.45) is 0 Å². The molecule has 0 radical (unpaired) electrons. The third-order valence-electron chi connectivity index (χ3n) is 8.68. The molecule has 3 heterocycles. The van der Waals surface area contributed by atoms with Gasteiger partial charge >= 0.3 is 0 Å². The predicted octanol–water partition coefficient (Wildman–Crippen LogP) is 5.47. The van der Waals surface area contributed by atoms with Gasteiger partial charge in [-0.25, -0.2) is 0 Å². The average molecular weight is 566 g/mol. The number of hydrogen-bond donors (Lipinski definition) is 3. The summed E-state index contributed by atoms with van der Waals surface area (Å²) in [6, 6.07) is 15.9. The first-order valence-corrected chi connectivity index (χ1v) is 16.4. The van der Waals surface area contributed by atoms with Crippen LogP contribution in [-0.2, 0) is 16.1 Å². The van der Waals surface area contributed by atoms with Crippen molar-refractivity contribution in [3.05, 3.63) is 59.7 Å². The van der Waals surface area contributed by atoms with Crippen LogP contribution in [-0.4, -0.2) is 74.2 Å². The summed E-state index contributed by atoms with van der Waals surface area (Å²) in [5, 5.41) is 4.11. The fourth-order valence-electron chi connectivity index (χ4n) is 6.64. The number of carbonyl (C=O) groups is 2. The molecule has 3 fully saturated rings. The van der Waals surface area contributed by atoms with Crippen molar-refractivity contribution in [2.75, 3.05) is 37.8 Å². The van der Waals surface area contributed by atoms with Crippen LogP contribution in [0.15, 0.2) is 48.5 Å². The van der Waals surface area contributed by atoms with E-state index in [1.165, 1.54) is 24.8 Å². The van der Waals surface area contributed by atoms with Crippen LogP contribution in [0.1, 0.15) is 60.4 Å². The number of ether oxygens (including phenoxy) is 1. The molecule has 2 saturated heterocycles. The number of nitrogens with one attached hydrogen (secondary N) is 1. The first kappa shape index (κ1) is 27.3. The third kappa shape index (κ3) is 5.65. The Morgan fingerprint density at radius 2 is 1.73 bits per heavy atom. The first-order chi connectivity index (χ1) is 19.4. The van der Waals surface area contributed by atoms with Crippen LogP contribution in [0.25, 0.3) is 22.2 Å². The van der Waals surface area contributed by atoms with Gasteiger partial charge < -0.3 is 19.5 Å². The first-order valence-electron chi connectivity index (χ1n) is 14.5. The molecule has 40 heavy (non-hydrogen) atoms. The van der Waals surface area contributed by atoms with Crippen molar-refractivity contribution in [3.63, 3.8) is 0 Å². The Hall–Kier alpha value is -2.85. The molecule has 1 saturated carbocycles. The Balaban J connectivity index is 1.45. The minimum absolute atomic E-state index is 0.0543. The van der Waals surface area contributed by atoms with Gasteiger partial charge in [0.15, 0.2) is 0 Å². The van der Waals surface area contributed by atoms with Gasteiger partial charge in [0.05, 0.1) is 30.2 Å². The summed E-state index contributed by atoms with van der Waals surface area (Å²) in [5.74, 6) is 0.759. The van der Waals surface area contributed by atoms with Crippen LogP contribution in [0.3, 0.4) is 0 Å². The molecule has 1 aromatic heterocycles. The summed E-state index contributed by atoms with van der Waals surface area (Å²) in [5.41, 5.74) is 4.85. The summed E-state index contributed by atoms with van der Waals surface area (Å²) < 4.78 is 27.7. The molecule has 9 heteroatoms. The number of fused-ring (bicyclic) bond motifs is 1. The van der Waals surface area contributed by atoms with Gasteiger partial charge in [-0.15, -0.1) is 0 Å². The van der Waals surface area contributed by atoms with Crippen molar-refractivity contribution in [1.29, 1.82) is 0 Å². The lowest BCUT2D eigenvalue weighted by Crippen LogP contribution is -2.42. The topological polar surface area (TPSA) is 104 Å². The molecule has 3 aromatic rings. The van der Waals surface area contributed by atoms with Gasteiger partial charge in [-0.3, -0.25) is 18.7 Å². The number of morpholine rings is 1. The van der Waals surface area contributed by atoms with Crippen molar-refractivity contribution in [1.82, 2.24) is 14.8 Å². The third-order valence-corrected chi connectivity index (χ3v) is 10.5. The lowest BCUT2D eigenvalue weighted by molar-refractivity contribution is -0.135. The number of nitrogens with zero attached hydrogens (tertiary/aromatic N) is 2. The summed E-state index contributed by atoms with van der Waals surface area (Å²) >= 11 is 0. The second kappa shape index (κ2) is 11.6. The van der Waals surface area contributed by atoms with E-state index < -0.39 is 10.6 Å². The van der Waals surface area contributed by atoms with Crippen molar-refractivity contribution >= 4 is 33.3 Å². The van der Waals surface area contributed by atoms with Gasteiger partial charge in [-0.1, -0.05) is 55.7 Å². The normalized spacial score (nSPS) is 22.4. The highest BCUT2D eigenvalue weighted by molar-refractivity contribution is 8.24. The zero-order chi connectivity index (χ0) is 27.7. The van der Waals surface area contributed by atoms with E-state index in [9.17, 15) is 18.7 Å². The molecule has 2 aromatic carbocycles. The molecular weight excluding hydrogens is 526 g/mol. The minimum Gasteiger partial charge on any atom is -0.378 e. The lowest BCUT2D eigenvalue weighted by Gasteiger charge is -2.28. The van der Waals surface area contributed by atoms with Gasteiger partial charge in [0, 0.05) is 35.8 Å². The lowest BCUT2D eigenvalue weighted by atomic mass is 9.82. The zero-order valence-corrected chi connectivity index (χ0v) is 23.7. The predicted molar refractivity (Wildman–Crippen MR) is 159 cm³/mol. The standard InChI is InChI=1S/C31H39N3O5S/c35-28(33-14-16-39-17-15-33)20-34-27-19-24(31(36)32-25-13-18-40(37,38)21-25)11-12-26(27)29(22-7-3-1-4-8-22)30(34)23-9-5-2-6-10-23/h2,5-6,9-12,19,22,25,37-38H,1,3-4,7-8,13-18,20-21H2,(H,32,36). The summed E-state index contributed by atoms with van der Waals surface area (Å²) in [6.07, 6.45) is 6.43. The van der Waals surface area contributed by atoms with Crippen LogP contribution in [0.2, 0.25) is 0 Å². The van der Waals surface area contributed by atoms with Gasteiger partial charge in [0.2, 0.25) is 5.91 Å². The van der Waals surface area contributed by atoms with Gasteiger partial charge in [0.1, 0.15) is 6.54 Å². The Morgan fingerprint density at radius 3 is 2.42 bits per heavy atom. The maximum absolute atomic E-state index is 13.6. The average Bonchev–Trinajstić information content (AvgIpc) is 3.49. The Kier molecular flexibility index (Phi) is 7.90. The maximum Gasteiger partial charge on any atom is 0.251 e. The smallest absolute Gasteiger partial charge is 0.251 e. The van der Waals surface area contributed by atoms with Crippen molar-refractivity contribution < 1.29 is 23.4 Å². The van der Waals surface area contributed by atoms with Crippen LogP contribution in [0.4, 0.5) is 0 Å². The monoisotopic (exact) mass is 565 g/mol. The molecule has 6 rings (SSSR count). The number of aromatic nitrogens is 1. The van der Waals surface area contributed by atoms with Crippen LogP contribution < -0.4 is 5.32 Å². The number of benzene rings is 2. The molecule has 1 unspecified atom stereocenters. The van der Waals surface area contributed by atoms with Crippen molar-refractivity contribution in [3.8, 4) is 11.3 Å². The fraction of sp³-hybridized carbons (Fsp3) is 0.484. The summed E-state index contributed by atoms with van der Waals surface area (Å²) in [4.78, 5) is 28.8. The molecular formula is C31H39N3O5S. The van der Waals surface area contributed by atoms with E-state index in [0.29, 0.717) is 50.0 Å². The molecule has 214 valence electrons. The Bertz CT molecular complexity index is 1380. The second-order valence-corrected chi connectivity index (χ2v) is 13.8. The minimum atomic E-state index is -2.60. The zero-order valence-electron chi connectivity index (χ0n) is 22.9.